The molecule has 1 aliphatic carbocycles. The number of hydrazine groups is 1. The van der Waals surface area contributed by atoms with Crippen LogP contribution in [0.25, 0.3) is 11.1 Å². The van der Waals surface area contributed by atoms with E-state index in [2.05, 4.69) is 25.3 Å². The van der Waals surface area contributed by atoms with Gasteiger partial charge in [0, 0.05) is 6.54 Å². The van der Waals surface area contributed by atoms with Crippen molar-refractivity contribution in [3.8, 4) is 11.1 Å². The lowest BCUT2D eigenvalue weighted by Gasteiger charge is -2.33. The molecule has 4 nitrogen and oxygen atoms in total. The van der Waals surface area contributed by atoms with Crippen LogP contribution in [0, 0.1) is 5.41 Å². The molecular formula is C20H24N2O2. The average Bonchev–Trinajstić information content (AvgIpc) is 2.53. The van der Waals surface area contributed by atoms with Crippen molar-refractivity contribution in [1.82, 2.24) is 5.43 Å². The third kappa shape index (κ3) is 3.07. The van der Waals surface area contributed by atoms with E-state index in [0.29, 0.717) is 12.1 Å². The van der Waals surface area contributed by atoms with Gasteiger partial charge in [-0.2, -0.15) is 0 Å². The molecule has 0 unspecified atom stereocenters. The molecule has 1 aliphatic rings. The monoisotopic (exact) mass is 324 g/mol. The van der Waals surface area contributed by atoms with Crippen LogP contribution in [0.2, 0.25) is 0 Å². The first-order valence-corrected chi connectivity index (χ1v) is 8.33. The molecule has 0 heterocycles. The van der Waals surface area contributed by atoms with Crippen molar-refractivity contribution in [3.05, 3.63) is 58.7 Å². The van der Waals surface area contributed by atoms with E-state index < -0.39 is 5.97 Å². The van der Waals surface area contributed by atoms with Gasteiger partial charge in [-0.3, -0.25) is 11.3 Å². The maximum Gasteiger partial charge on any atom is 0.336 e. The number of carbonyl (C=O) groups is 1. The molecule has 0 spiro atoms. The number of nitrogens with one attached hydrogen (secondary N) is 1. The Labute approximate surface area is 142 Å². The smallest absolute Gasteiger partial charge is 0.336 e. The fourth-order valence-electron chi connectivity index (χ4n) is 3.68. The summed E-state index contributed by atoms with van der Waals surface area (Å²) in [6, 6.07) is 11.9. The predicted octanol–water partition coefficient (Wildman–Crippen LogP) is 3.53. The number of carboxylic acid groups (broad SMARTS) is 1. The molecule has 0 saturated heterocycles. The summed E-state index contributed by atoms with van der Waals surface area (Å²) in [7, 11) is 0. The summed E-state index contributed by atoms with van der Waals surface area (Å²) >= 11 is 0. The fourth-order valence-corrected chi connectivity index (χ4v) is 3.68. The van der Waals surface area contributed by atoms with Crippen molar-refractivity contribution in [1.29, 1.82) is 0 Å². The second kappa shape index (κ2) is 6.38. The number of hydrogen-bond donors (Lipinski definition) is 3. The molecule has 126 valence electrons. The van der Waals surface area contributed by atoms with Crippen LogP contribution in [0.4, 0.5) is 0 Å². The highest BCUT2D eigenvalue weighted by molar-refractivity contribution is 5.98. The van der Waals surface area contributed by atoms with Crippen LogP contribution in [-0.4, -0.2) is 11.1 Å². The molecule has 4 N–H and O–H groups in total. The van der Waals surface area contributed by atoms with Crippen molar-refractivity contribution in [3.63, 3.8) is 0 Å². The number of nitrogens with two attached hydrogens (primary N) is 1. The van der Waals surface area contributed by atoms with E-state index in [1.807, 2.05) is 30.3 Å². The lowest BCUT2D eigenvalue weighted by Crippen LogP contribution is -2.25. The molecular weight excluding hydrogens is 300 g/mol. The first-order chi connectivity index (χ1) is 11.4. The van der Waals surface area contributed by atoms with Crippen LogP contribution in [0.3, 0.4) is 0 Å². The number of hydrogen-bond acceptors (Lipinski definition) is 3. The zero-order valence-electron chi connectivity index (χ0n) is 14.2. The van der Waals surface area contributed by atoms with E-state index in [0.717, 1.165) is 41.5 Å². The second-order valence-corrected chi connectivity index (χ2v) is 7.31. The van der Waals surface area contributed by atoms with Gasteiger partial charge in [0.15, 0.2) is 0 Å². The van der Waals surface area contributed by atoms with E-state index in [-0.39, 0.29) is 5.41 Å². The van der Waals surface area contributed by atoms with Gasteiger partial charge in [-0.15, -0.1) is 0 Å². The normalized spacial score (nSPS) is 15.8. The van der Waals surface area contributed by atoms with Gasteiger partial charge in [0.25, 0.3) is 0 Å². The van der Waals surface area contributed by atoms with Gasteiger partial charge in [0.1, 0.15) is 0 Å². The Morgan fingerprint density at radius 3 is 2.67 bits per heavy atom. The molecule has 0 aliphatic heterocycles. The highest BCUT2D eigenvalue weighted by Gasteiger charge is 2.30. The molecule has 0 saturated carbocycles. The van der Waals surface area contributed by atoms with Crippen LogP contribution in [-0.2, 0) is 19.4 Å². The molecule has 2 aromatic carbocycles. The highest BCUT2D eigenvalue weighted by Crippen LogP contribution is 2.40. The maximum absolute atomic E-state index is 12.1. The van der Waals surface area contributed by atoms with Gasteiger partial charge < -0.3 is 5.11 Å². The van der Waals surface area contributed by atoms with Gasteiger partial charge >= 0.3 is 5.97 Å². The molecule has 24 heavy (non-hydrogen) atoms. The number of aryl methyl sites for hydroxylation is 1. The molecule has 0 radical (unpaired) electrons. The number of fused-ring (bicyclic) bond motifs is 1. The zero-order chi connectivity index (χ0) is 17.3. The summed E-state index contributed by atoms with van der Waals surface area (Å²) in [5.41, 5.74) is 8.13. The van der Waals surface area contributed by atoms with Crippen molar-refractivity contribution in [2.75, 3.05) is 0 Å². The SMILES string of the molecule is CC1(C)CCc2ccc(-c3ccccc3CNN)c(C(=O)O)c2C1. The average molecular weight is 324 g/mol. The van der Waals surface area contributed by atoms with E-state index in [9.17, 15) is 9.90 Å². The lowest BCUT2D eigenvalue weighted by atomic mass is 9.72. The summed E-state index contributed by atoms with van der Waals surface area (Å²) in [6.45, 7) is 4.92. The van der Waals surface area contributed by atoms with Crippen LogP contribution in [0.1, 0.15) is 47.3 Å². The van der Waals surface area contributed by atoms with Gasteiger partial charge in [0.05, 0.1) is 5.56 Å². The van der Waals surface area contributed by atoms with Crippen LogP contribution in [0.15, 0.2) is 36.4 Å². The minimum atomic E-state index is -0.852. The first kappa shape index (κ1) is 16.7. The Hall–Kier alpha value is -2.17. The second-order valence-electron chi connectivity index (χ2n) is 7.31. The Morgan fingerprint density at radius 1 is 1.21 bits per heavy atom. The molecule has 2 aromatic rings. The molecule has 0 amide bonds. The van der Waals surface area contributed by atoms with Crippen molar-refractivity contribution in [2.45, 2.75) is 39.7 Å². The molecule has 0 fully saturated rings. The fraction of sp³-hybridized carbons (Fsp3) is 0.350. The first-order valence-electron chi connectivity index (χ1n) is 8.33. The summed E-state index contributed by atoms with van der Waals surface area (Å²) in [4.78, 5) is 12.1. The van der Waals surface area contributed by atoms with Gasteiger partial charge in [0.2, 0.25) is 0 Å². The molecule has 0 atom stereocenters. The largest absolute Gasteiger partial charge is 0.478 e. The standard InChI is InChI=1S/C20H24N2O2/c1-20(2)10-9-13-7-8-16(18(19(23)24)17(13)11-20)15-6-4-3-5-14(15)12-22-21/h3-8,22H,9-12,21H2,1-2H3,(H,23,24). The van der Waals surface area contributed by atoms with Crippen molar-refractivity contribution in [2.24, 2.45) is 11.3 Å². The predicted molar refractivity (Wildman–Crippen MR) is 95.7 cm³/mol. The van der Waals surface area contributed by atoms with E-state index in [4.69, 9.17) is 5.84 Å². The van der Waals surface area contributed by atoms with Crippen LogP contribution < -0.4 is 11.3 Å². The Balaban J connectivity index is 2.22. The zero-order valence-corrected chi connectivity index (χ0v) is 14.2. The molecule has 3 rings (SSSR count). The number of rotatable bonds is 4. The van der Waals surface area contributed by atoms with Crippen molar-refractivity contribution >= 4 is 5.97 Å². The topological polar surface area (TPSA) is 75.3 Å². The Kier molecular flexibility index (Phi) is 4.43. The third-order valence-corrected chi connectivity index (χ3v) is 4.95. The van der Waals surface area contributed by atoms with E-state index >= 15 is 0 Å². The lowest BCUT2D eigenvalue weighted by molar-refractivity contribution is 0.0695. The summed E-state index contributed by atoms with van der Waals surface area (Å²) in [5, 5.41) is 9.93. The summed E-state index contributed by atoms with van der Waals surface area (Å²) < 4.78 is 0. The van der Waals surface area contributed by atoms with Crippen LogP contribution in [0.5, 0.6) is 0 Å². The molecule has 0 bridgehead atoms. The maximum atomic E-state index is 12.1. The number of carboxylic acids is 1. The minimum Gasteiger partial charge on any atom is -0.478 e. The quantitative estimate of drug-likeness (QED) is 0.594. The van der Waals surface area contributed by atoms with Gasteiger partial charge in [-0.1, -0.05) is 50.2 Å². The Morgan fingerprint density at radius 2 is 1.96 bits per heavy atom. The Bertz CT molecular complexity index is 781. The van der Waals surface area contributed by atoms with Crippen LogP contribution >= 0.6 is 0 Å². The van der Waals surface area contributed by atoms with Crippen molar-refractivity contribution < 1.29 is 9.90 Å². The summed E-state index contributed by atoms with van der Waals surface area (Å²) in [6.07, 6.45) is 2.83. The number of benzene rings is 2. The van der Waals surface area contributed by atoms with E-state index in [1.54, 1.807) is 0 Å². The van der Waals surface area contributed by atoms with Gasteiger partial charge in [-0.05, 0) is 52.5 Å². The number of aromatic carboxylic acids is 1. The minimum absolute atomic E-state index is 0.133. The molecule has 4 heteroatoms. The third-order valence-electron chi connectivity index (χ3n) is 4.95. The molecule has 0 aromatic heterocycles. The van der Waals surface area contributed by atoms with Gasteiger partial charge in [-0.25, -0.2) is 4.79 Å². The van der Waals surface area contributed by atoms with E-state index in [1.165, 1.54) is 5.56 Å². The summed E-state index contributed by atoms with van der Waals surface area (Å²) in [5.74, 6) is 4.63. The highest BCUT2D eigenvalue weighted by atomic mass is 16.4.